The van der Waals surface area contributed by atoms with E-state index >= 15 is 0 Å². The Balaban J connectivity index is 1.45. The second-order valence-electron chi connectivity index (χ2n) is 6.05. The van der Waals surface area contributed by atoms with E-state index in [0.29, 0.717) is 12.5 Å². The van der Waals surface area contributed by atoms with Gasteiger partial charge >= 0.3 is 5.69 Å². The van der Waals surface area contributed by atoms with Crippen molar-refractivity contribution in [1.82, 2.24) is 24.5 Å². The number of hydrogen-bond donors (Lipinski definition) is 1. The lowest BCUT2D eigenvalue weighted by molar-refractivity contribution is 0.354. The van der Waals surface area contributed by atoms with Crippen LogP contribution in [0.1, 0.15) is 12.8 Å². The minimum atomic E-state index is -0.0811. The number of fused-ring (bicyclic) bond motifs is 1. The zero-order valence-corrected chi connectivity index (χ0v) is 14.6. The van der Waals surface area contributed by atoms with Gasteiger partial charge < -0.3 is 9.88 Å². The van der Waals surface area contributed by atoms with Crippen LogP contribution in [0, 0.1) is 5.92 Å². The molecule has 0 atom stereocenters. The lowest BCUT2D eigenvalue weighted by Gasteiger charge is -2.31. The lowest BCUT2D eigenvalue weighted by Crippen LogP contribution is -2.37. The number of pyridine rings is 1. The molecule has 0 bridgehead atoms. The highest BCUT2D eigenvalue weighted by molar-refractivity contribution is 9.10. The Morgan fingerprint density at radius 3 is 2.71 bits per heavy atom. The Morgan fingerprint density at radius 2 is 1.96 bits per heavy atom. The topological polar surface area (TPSA) is 79.7 Å². The zero-order chi connectivity index (χ0) is 16.5. The van der Waals surface area contributed by atoms with Gasteiger partial charge in [-0.15, -0.1) is 0 Å². The predicted molar refractivity (Wildman–Crippen MR) is 95.0 cm³/mol. The summed E-state index contributed by atoms with van der Waals surface area (Å²) in [7, 11) is 0. The summed E-state index contributed by atoms with van der Waals surface area (Å²) in [6, 6.07) is 3.72. The van der Waals surface area contributed by atoms with Crippen LogP contribution in [-0.2, 0) is 6.54 Å². The van der Waals surface area contributed by atoms with E-state index in [1.54, 1.807) is 23.2 Å². The average Bonchev–Trinajstić information content (AvgIpc) is 2.92. The molecule has 0 aromatic carbocycles. The molecule has 124 valence electrons. The Kier molecular flexibility index (Phi) is 4.05. The van der Waals surface area contributed by atoms with E-state index in [2.05, 4.69) is 40.8 Å². The van der Waals surface area contributed by atoms with Crippen molar-refractivity contribution in [2.24, 2.45) is 5.92 Å². The summed E-state index contributed by atoms with van der Waals surface area (Å²) in [6.45, 7) is 2.50. The SMILES string of the molecule is O=c1[nH]c2cccnc2n1CC1CCN(c2ncc(Br)cn2)CC1. The van der Waals surface area contributed by atoms with Crippen molar-refractivity contribution in [3.63, 3.8) is 0 Å². The van der Waals surface area contributed by atoms with E-state index in [-0.39, 0.29) is 5.69 Å². The van der Waals surface area contributed by atoms with Crippen LogP contribution in [0.5, 0.6) is 0 Å². The Labute approximate surface area is 146 Å². The van der Waals surface area contributed by atoms with Gasteiger partial charge in [-0.1, -0.05) is 0 Å². The van der Waals surface area contributed by atoms with Gasteiger partial charge in [-0.05, 0) is 46.8 Å². The van der Waals surface area contributed by atoms with Crippen LogP contribution < -0.4 is 10.6 Å². The number of hydrogen-bond acceptors (Lipinski definition) is 5. The first-order valence-electron chi connectivity index (χ1n) is 7.97. The molecular weight excluding hydrogens is 372 g/mol. The van der Waals surface area contributed by atoms with Gasteiger partial charge in [0.05, 0.1) is 9.99 Å². The quantitative estimate of drug-likeness (QED) is 0.743. The molecule has 3 aromatic rings. The molecule has 1 aliphatic rings. The summed E-state index contributed by atoms with van der Waals surface area (Å²) in [4.78, 5) is 30.3. The molecule has 1 aliphatic heterocycles. The Bertz CT molecular complexity index is 895. The molecule has 8 heteroatoms. The van der Waals surface area contributed by atoms with E-state index in [0.717, 1.165) is 47.5 Å². The van der Waals surface area contributed by atoms with E-state index in [1.807, 2.05) is 12.1 Å². The fourth-order valence-electron chi connectivity index (χ4n) is 3.20. The van der Waals surface area contributed by atoms with Crippen LogP contribution in [0.25, 0.3) is 11.2 Å². The molecule has 3 aromatic heterocycles. The van der Waals surface area contributed by atoms with Crippen molar-refractivity contribution in [2.75, 3.05) is 18.0 Å². The Morgan fingerprint density at radius 1 is 1.21 bits per heavy atom. The molecule has 0 radical (unpaired) electrons. The third-order valence-electron chi connectivity index (χ3n) is 4.47. The second kappa shape index (κ2) is 6.35. The van der Waals surface area contributed by atoms with Crippen molar-refractivity contribution < 1.29 is 0 Å². The van der Waals surface area contributed by atoms with Crippen LogP contribution in [0.4, 0.5) is 5.95 Å². The van der Waals surface area contributed by atoms with Gasteiger partial charge in [0.25, 0.3) is 0 Å². The fraction of sp³-hybridized carbons (Fsp3) is 0.375. The first-order chi connectivity index (χ1) is 11.7. The summed E-state index contributed by atoms with van der Waals surface area (Å²) in [6.07, 6.45) is 7.27. The summed E-state index contributed by atoms with van der Waals surface area (Å²) in [5, 5.41) is 0. The highest BCUT2D eigenvalue weighted by atomic mass is 79.9. The molecule has 1 fully saturated rings. The molecule has 7 nitrogen and oxygen atoms in total. The highest BCUT2D eigenvalue weighted by Crippen LogP contribution is 2.23. The first kappa shape index (κ1) is 15.3. The molecule has 0 unspecified atom stereocenters. The number of piperidine rings is 1. The third kappa shape index (κ3) is 2.93. The van der Waals surface area contributed by atoms with Crippen LogP contribution in [-0.4, -0.2) is 37.6 Å². The van der Waals surface area contributed by atoms with Gasteiger partial charge in [0.1, 0.15) is 0 Å². The molecule has 1 saturated heterocycles. The predicted octanol–water partition coefficient (Wildman–Crippen LogP) is 2.19. The normalized spacial score (nSPS) is 16.0. The molecule has 0 amide bonds. The maximum absolute atomic E-state index is 12.2. The van der Waals surface area contributed by atoms with E-state index in [4.69, 9.17) is 0 Å². The number of anilines is 1. The van der Waals surface area contributed by atoms with Gasteiger partial charge in [-0.3, -0.25) is 4.57 Å². The van der Waals surface area contributed by atoms with Gasteiger partial charge in [-0.25, -0.2) is 19.7 Å². The van der Waals surface area contributed by atoms with Crippen molar-refractivity contribution >= 4 is 33.0 Å². The van der Waals surface area contributed by atoms with E-state index in [1.165, 1.54) is 0 Å². The molecule has 4 rings (SSSR count). The van der Waals surface area contributed by atoms with Crippen LogP contribution in [0.15, 0.2) is 40.0 Å². The second-order valence-corrected chi connectivity index (χ2v) is 6.96. The van der Waals surface area contributed by atoms with Crippen molar-refractivity contribution in [3.8, 4) is 0 Å². The Hall–Kier alpha value is -2.22. The fourth-order valence-corrected chi connectivity index (χ4v) is 3.41. The number of nitrogens with one attached hydrogen (secondary N) is 1. The van der Waals surface area contributed by atoms with Crippen LogP contribution in [0.2, 0.25) is 0 Å². The summed E-state index contributed by atoms with van der Waals surface area (Å²) in [5.74, 6) is 1.22. The van der Waals surface area contributed by atoms with Crippen molar-refractivity contribution in [3.05, 3.63) is 45.7 Å². The van der Waals surface area contributed by atoms with Gasteiger partial charge in [-0.2, -0.15) is 0 Å². The summed E-state index contributed by atoms with van der Waals surface area (Å²) >= 11 is 3.35. The molecule has 0 aliphatic carbocycles. The van der Waals surface area contributed by atoms with E-state index in [9.17, 15) is 4.79 Å². The van der Waals surface area contributed by atoms with Gasteiger partial charge in [0.2, 0.25) is 5.95 Å². The highest BCUT2D eigenvalue weighted by Gasteiger charge is 2.22. The monoisotopic (exact) mass is 388 g/mol. The van der Waals surface area contributed by atoms with E-state index < -0.39 is 0 Å². The number of H-pyrrole nitrogens is 1. The van der Waals surface area contributed by atoms with Gasteiger partial charge in [0, 0.05) is 38.2 Å². The molecule has 0 saturated carbocycles. The smallest absolute Gasteiger partial charge is 0.327 e. The number of aromatic nitrogens is 5. The lowest BCUT2D eigenvalue weighted by atomic mass is 9.97. The number of nitrogens with zero attached hydrogens (tertiary/aromatic N) is 5. The minimum absolute atomic E-state index is 0.0811. The van der Waals surface area contributed by atoms with Crippen molar-refractivity contribution in [2.45, 2.75) is 19.4 Å². The molecule has 24 heavy (non-hydrogen) atoms. The summed E-state index contributed by atoms with van der Waals surface area (Å²) in [5.41, 5.74) is 1.45. The summed E-state index contributed by atoms with van der Waals surface area (Å²) < 4.78 is 2.64. The maximum Gasteiger partial charge on any atom is 0.327 e. The zero-order valence-electron chi connectivity index (χ0n) is 13.0. The standard InChI is InChI=1S/C16H17BrN6O/c17-12-8-19-15(20-9-12)22-6-3-11(4-7-22)10-23-14-13(21-16(23)24)2-1-5-18-14/h1-2,5,8-9,11H,3-4,6-7,10H2,(H,21,24). The number of rotatable bonds is 3. The molecule has 0 spiro atoms. The molecule has 4 heterocycles. The van der Waals surface area contributed by atoms with Gasteiger partial charge in [0.15, 0.2) is 5.65 Å². The molecular formula is C16H17BrN6O. The number of halogens is 1. The van der Waals surface area contributed by atoms with Crippen molar-refractivity contribution in [1.29, 1.82) is 0 Å². The first-order valence-corrected chi connectivity index (χ1v) is 8.76. The number of imidazole rings is 1. The minimum Gasteiger partial charge on any atom is -0.341 e. The maximum atomic E-state index is 12.2. The average molecular weight is 389 g/mol. The van der Waals surface area contributed by atoms with Crippen LogP contribution in [0.3, 0.4) is 0 Å². The molecule has 1 N–H and O–H groups in total. The van der Waals surface area contributed by atoms with Crippen LogP contribution >= 0.6 is 15.9 Å². The third-order valence-corrected chi connectivity index (χ3v) is 4.88. The number of aromatic amines is 1. The largest absolute Gasteiger partial charge is 0.341 e.